The minimum atomic E-state index is 0.0839. The largest absolute Gasteiger partial charge is 0.356 e. The number of benzene rings is 1. The van der Waals surface area contributed by atoms with Gasteiger partial charge in [0.1, 0.15) is 5.82 Å². The Hall–Kier alpha value is -3.40. The average Bonchev–Trinajstić information content (AvgIpc) is 3.28. The standard InChI is InChI=1S/C31H41N3O/c1-2-3-4-5-6-7-8-9-10-11-12-13-14-15-16-17-18-19-20-25-31(35)32-27-26-30-33-28-23-21-22-24-29(28)34-30/h3-4,6-7,9-10,12-13,15-16,18-19,21-24H,2,5,8,11,14,17,20,25-27H2,1H3,(H,32,35)(H,33,34). The van der Waals surface area contributed by atoms with E-state index >= 15 is 0 Å². The van der Waals surface area contributed by atoms with Gasteiger partial charge in [0.2, 0.25) is 5.91 Å². The fraction of sp³-hybridized carbons (Fsp3) is 0.355. The average molecular weight is 472 g/mol. The number of rotatable bonds is 17. The third kappa shape index (κ3) is 13.8. The lowest BCUT2D eigenvalue weighted by atomic mass is 10.2. The number of carbonyl (C=O) groups is 1. The molecule has 1 amide bonds. The van der Waals surface area contributed by atoms with Gasteiger partial charge in [0.05, 0.1) is 11.0 Å². The molecule has 0 fully saturated rings. The third-order valence-electron chi connectivity index (χ3n) is 5.26. The summed E-state index contributed by atoms with van der Waals surface area (Å²) < 4.78 is 0. The Morgan fingerprint density at radius 3 is 1.91 bits per heavy atom. The summed E-state index contributed by atoms with van der Waals surface area (Å²) in [6, 6.07) is 7.96. The van der Waals surface area contributed by atoms with Crippen LogP contribution in [0.3, 0.4) is 0 Å². The number of fused-ring (bicyclic) bond motifs is 1. The van der Waals surface area contributed by atoms with Crippen LogP contribution in [0.1, 0.15) is 64.1 Å². The van der Waals surface area contributed by atoms with E-state index in [2.05, 4.69) is 95.1 Å². The number of nitrogens with one attached hydrogen (secondary N) is 2. The Bertz CT molecular complexity index is 988. The summed E-state index contributed by atoms with van der Waals surface area (Å²) in [6.07, 6.45) is 34.2. The molecule has 2 N–H and O–H groups in total. The molecule has 1 heterocycles. The van der Waals surface area contributed by atoms with Crippen LogP contribution < -0.4 is 5.32 Å². The molecular weight excluding hydrogens is 430 g/mol. The van der Waals surface area contributed by atoms with Gasteiger partial charge in [-0.2, -0.15) is 0 Å². The minimum absolute atomic E-state index is 0.0839. The van der Waals surface area contributed by atoms with Crippen LogP contribution in [0.5, 0.6) is 0 Å². The van der Waals surface area contributed by atoms with E-state index in [4.69, 9.17) is 0 Å². The van der Waals surface area contributed by atoms with Crippen molar-refractivity contribution >= 4 is 16.9 Å². The first-order valence-electron chi connectivity index (χ1n) is 12.9. The second-order valence-corrected chi connectivity index (χ2v) is 8.25. The van der Waals surface area contributed by atoms with Crippen LogP contribution in [0.2, 0.25) is 0 Å². The van der Waals surface area contributed by atoms with Gasteiger partial charge in [-0.1, -0.05) is 92.0 Å². The first-order chi connectivity index (χ1) is 17.3. The highest BCUT2D eigenvalue weighted by Crippen LogP contribution is 2.10. The molecule has 0 atom stereocenters. The molecule has 186 valence electrons. The first-order valence-corrected chi connectivity index (χ1v) is 12.9. The number of para-hydroxylation sites is 2. The highest BCUT2D eigenvalue weighted by molar-refractivity contribution is 5.76. The molecule has 2 aromatic rings. The lowest BCUT2D eigenvalue weighted by Crippen LogP contribution is -2.25. The summed E-state index contributed by atoms with van der Waals surface area (Å²) in [7, 11) is 0. The van der Waals surface area contributed by atoms with E-state index in [0.29, 0.717) is 19.4 Å². The molecule has 1 aromatic heterocycles. The van der Waals surface area contributed by atoms with Gasteiger partial charge in [-0.25, -0.2) is 4.98 Å². The van der Waals surface area contributed by atoms with Crippen molar-refractivity contribution in [3.8, 4) is 0 Å². The van der Waals surface area contributed by atoms with Crippen LogP contribution in [0, 0.1) is 0 Å². The zero-order chi connectivity index (χ0) is 24.8. The van der Waals surface area contributed by atoms with E-state index in [1.165, 1.54) is 0 Å². The lowest BCUT2D eigenvalue weighted by molar-refractivity contribution is -0.120. The zero-order valence-electron chi connectivity index (χ0n) is 21.2. The highest BCUT2D eigenvalue weighted by Gasteiger charge is 2.03. The summed E-state index contributed by atoms with van der Waals surface area (Å²) in [5.41, 5.74) is 2.00. The maximum atomic E-state index is 12.0. The van der Waals surface area contributed by atoms with Gasteiger partial charge < -0.3 is 10.3 Å². The molecule has 0 aliphatic carbocycles. The van der Waals surface area contributed by atoms with Crippen LogP contribution in [0.25, 0.3) is 11.0 Å². The van der Waals surface area contributed by atoms with E-state index < -0.39 is 0 Å². The van der Waals surface area contributed by atoms with Crippen molar-refractivity contribution in [1.29, 1.82) is 0 Å². The number of H-pyrrole nitrogens is 1. The number of allylic oxidation sites excluding steroid dienone is 12. The smallest absolute Gasteiger partial charge is 0.220 e. The van der Waals surface area contributed by atoms with Crippen molar-refractivity contribution in [3.63, 3.8) is 0 Å². The van der Waals surface area contributed by atoms with Crippen LogP contribution in [-0.4, -0.2) is 22.4 Å². The van der Waals surface area contributed by atoms with E-state index in [-0.39, 0.29) is 5.91 Å². The molecule has 0 spiro atoms. The lowest BCUT2D eigenvalue weighted by Gasteiger charge is -2.02. The molecule has 4 heteroatoms. The molecule has 0 aliphatic heterocycles. The molecule has 1 aromatic carbocycles. The normalized spacial score (nSPS) is 12.7. The second-order valence-electron chi connectivity index (χ2n) is 8.25. The molecule has 0 unspecified atom stereocenters. The molecule has 0 saturated carbocycles. The topological polar surface area (TPSA) is 57.8 Å². The maximum Gasteiger partial charge on any atom is 0.220 e. The van der Waals surface area contributed by atoms with Crippen LogP contribution in [0.4, 0.5) is 0 Å². The number of hydrogen-bond donors (Lipinski definition) is 2. The van der Waals surface area contributed by atoms with Crippen molar-refractivity contribution in [1.82, 2.24) is 15.3 Å². The third-order valence-corrected chi connectivity index (χ3v) is 5.26. The van der Waals surface area contributed by atoms with Gasteiger partial charge in [0, 0.05) is 19.4 Å². The predicted octanol–water partition coefficient (Wildman–Crippen LogP) is 7.70. The molecule has 0 saturated heterocycles. The monoisotopic (exact) mass is 471 g/mol. The predicted molar refractivity (Wildman–Crippen MR) is 150 cm³/mol. The fourth-order valence-corrected chi connectivity index (χ4v) is 3.39. The fourth-order valence-electron chi connectivity index (χ4n) is 3.39. The quantitative estimate of drug-likeness (QED) is 0.232. The van der Waals surface area contributed by atoms with Gasteiger partial charge in [0.25, 0.3) is 0 Å². The van der Waals surface area contributed by atoms with Gasteiger partial charge >= 0.3 is 0 Å². The van der Waals surface area contributed by atoms with E-state index in [1.54, 1.807) is 0 Å². The summed E-state index contributed by atoms with van der Waals surface area (Å²) >= 11 is 0. The molecule has 0 aliphatic rings. The minimum Gasteiger partial charge on any atom is -0.356 e. The van der Waals surface area contributed by atoms with Gasteiger partial charge in [0.15, 0.2) is 0 Å². The van der Waals surface area contributed by atoms with Crippen molar-refractivity contribution in [3.05, 3.63) is 103 Å². The highest BCUT2D eigenvalue weighted by atomic mass is 16.1. The summed E-state index contributed by atoms with van der Waals surface area (Å²) in [4.78, 5) is 19.8. The first kappa shape index (κ1) is 27.8. The van der Waals surface area contributed by atoms with Crippen molar-refractivity contribution < 1.29 is 4.79 Å². The summed E-state index contributed by atoms with van der Waals surface area (Å²) in [5.74, 6) is 0.990. The zero-order valence-corrected chi connectivity index (χ0v) is 21.2. The summed E-state index contributed by atoms with van der Waals surface area (Å²) in [6.45, 7) is 2.75. The molecule has 2 rings (SSSR count). The van der Waals surface area contributed by atoms with Crippen molar-refractivity contribution in [2.75, 3.05) is 6.54 Å². The SMILES string of the molecule is CCC=CCC=CCC=CCC=CCC=CCC=CCCC(=O)NCCc1nc2ccccc2[nH]1. The van der Waals surface area contributed by atoms with Gasteiger partial charge in [-0.15, -0.1) is 0 Å². The van der Waals surface area contributed by atoms with E-state index in [1.807, 2.05) is 24.3 Å². The van der Waals surface area contributed by atoms with Crippen LogP contribution >= 0.6 is 0 Å². The van der Waals surface area contributed by atoms with Crippen molar-refractivity contribution in [2.45, 2.75) is 64.7 Å². The number of imidazole rings is 1. The Kier molecular flexibility index (Phi) is 15.1. The Labute approximate surface area is 211 Å². The molecule has 4 nitrogen and oxygen atoms in total. The number of aromatic nitrogens is 2. The Morgan fingerprint density at radius 2 is 1.34 bits per heavy atom. The molecular formula is C31H41N3O. The Balaban J connectivity index is 1.43. The van der Waals surface area contributed by atoms with Gasteiger partial charge in [-0.3, -0.25) is 4.79 Å². The Morgan fingerprint density at radius 1 is 0.800 bits per heavy atom. The van der Waals surface area contributed by atoms with Crippen molar-refractivity contribution in [2.24, 2.45) is 0 Å². The van der Waals surface area contributed by atoms with Crippen LogP contribution in [0.15, 0.2) is 97.2 Å². The second kappa shape index (κ2) is 19.0. The number of carbonyl (C=O) groups excluding carboxylic acids is 1. The summed E-state index contributed by atoms with van der Waals surface area (Å²) in [5, 5.41) is 2.97. The molecule has 0 bridgehead atoms. The maximum absolute atomic E-state index is 12.0. The van der Waals surface area contributed by atoms with Gasteiger partial charge in [-0.05, 0) is 57.1 Å². The van der Waals surface area contributed by atoms with E-state index in [9.17, 15) is 4.79 Å². The van der Waals surface area contributed by atoms with Crippen LogP contribution in [-0.2, 0) is 11.2 Å². The van der Waals surface area contributed by atoms with E-state index in [0.717, 1.165) is 61.8 Å². The molecule has 0 radical (unpaired) electrons. The molecule has 35 heavy (non-hydrogen) atoms. The number of amides is 1. The number of nitrogens with zero attached hydrogens (tertiary/aromatic N) is 1. The number of aromatic amines is 1. The number of hydrogen-bond acceptors (Lipinski definition) is 2.